The van der Waals surface area contributed by atoms with Gasteiger partial charge >= 0.3 is 0 Å². The second kappa shape index (κ2) is 18.7. The summed E-state index contributed by atoms with van der Waals surface area (Å²) in [5.74, 6) is 0. The molecular formula is C24H50O. The van der Waals surface area contributed by atoms with Gasteiger partial charge in [0.1, 0.15) is 0 Å². The molecule has 0 spiro atoms. The van der Waals surface area contributed by atoms with Gasteiger partial charge in [-0.1, -0.05) is 111 Å². The van der Waals surface area contributed by atoms with E-state index < -0.39 is 0 Å². The van der Waals surface area contributed by atoms with Gasteiger partial charge in [0.2, 0.25) is 0 Å². The smallest absolute Gasteiger partial charge is 0.0431 e. The average molecular weight is 355 g/mol. The highest BCUT2D eigenvalue weighted by atomic mass is 16.2. The number of aliphatic hydroxyl groups excluding tert-OH is 1. The van der Waals surface area contributed by atoms with Gasteiger partial charge < -0.3 is 5.11 Å². The Morgan fingerprint density at radius 3 is 1.24 bits per heavy atom. The van der Waals surface area contributed by atoms with Crippen LogP contribution in [0.25, 0.3) is 0 Å². The Kier molecular flexibility index (Phi) is 18.7. The molecule has 0 atom stereocenters. The first-order valence-corrected chi connectivity index (χ1v) is 11.9. The lowest BCUT2D eigenvalue weighted by Gasteiger charge is -2.35. The van der Waals surface area contributed by atoms with Gasteiger partial charge in [-0.2, -0.15) is 0 Å². The fourth-order valence-corrected chi connectivity index (χ4v) is 4.32. The number of hydrogen-bond donors (Lipinski definition) is 1. The SMILES string of the molecule is CCCCCCCCC(CCCC)(CCCO)CCCCCCCC. The molecule has 0 saturated heterocycles. The zero-order chi connectivity index (χ0) is 18.6. The third-order valence-electron chi connectivity index (χ3n) is 6.05. The van der Waals surface area contributed by atoms with Gasteiger partial charge in [0.15, 0.2) is 0 Å². The Morgan fingerprint density at radius 2 is 0.800 bits per heavy atom. The molecule has 1 N–H and O–H groups in total. The lowest BCUT2D eigenvalue weighted by atomic mass is 9.71. The molecule has 0 aromatic heterocycles. The van der Waals surface area contributed by atoms with E-state index in [0.717, 1.165) is 6.42 Å². The second-order valence-corrected chi connectivity index (χ2v) is 8.47. The van der Waals surface area contributed by atoms with Crippen molar-refractivity contribution in [2.45, 2.75) is 143 Å². The normalized spacial score (nSPS) is 12.0. The molecule has 0 bridgehead atoms. The molecule has 0 aromatic rings. The molecular weight excluding hydrogens is 304 g/mol. The standard InChI is InChI=1S/C24H50O/c1-4-7-10-12-14-16-20-24(19-9-6-3,22-18-23-25)21-17-15-13-11-8-5-2/h25H,4-23H2,1-3H3. The Balaban J connectivity index is 4.35. The molecule has 152 valence electrons. The van der Waals surface area contributed by atoms with E-state index in [1.807, 2.05) is 0 Å². The van der Waals surface area contributed by atoms with Gasteiger partial charge in [-0.25, -0.2) is 0 Å². The minimum atomic E-state index is 0.376. The molecule has 0 saturated carbocycles. The van der Waals surface area contributed by atoms with E-state index in [1.54, 1.807) is 0 Å². The summed E-state index contributed by atoms with van der Waals surface area (Å²) in [5.41, 5.74) is 0.536. The maximum atomic E-state index is 9.39. The van der Waals surface area contributed by atoms with E-state index in [4.69, 9.17) is 0 Å². The van der Waals surface area contributed by atoms with Crippen LogP contribution in [-0.4, -0.2) is 11.7 Å². The molecule has 0 aliphatic heterocycles. The fourth-order valence-electron chi connectivity index (χ4n) is 4.32. The highest BCUT2D eigenvalue weighted by Crippen LogP contribution is 2.41. The third kappa shape index (κ3) is 14.8. The summed E-state index contributed by atoms with van der Waals surface area (Å²) < 4.78 is 0. The van der Waals surface area contributed by atoms with Gasteiger partial charge in [-0.15, -0.1) is 0 Å². The number of hydrogen-bond acceptors (Lipinski definition) is 1. The summed E-state index contributed by atoms with van der Waals surface area (Å²) >= 11 is 0. The summed E-state index contributed by atoms with van der Waals surface area (Å²) in [5, 5.41) is 9.39. The Bertz CT molecular complexity index is 222. The van der Waals surface area contributed by atoms with E-state index in [0.29, 0.717) is 12.0 Å². The van der Waals surface area contributed by atoms with Crippen LogP contribution >= 0.6 is 0 Å². The summed E-state index contributed by atoms with van der Waals surface area (Å²) in [4.78, 5) is 0. The zero-order valence-electron chi connectivity index (χ0n) is 18.1. The van der Waals surface area contributed by atoms with Crippen LogP contribution in [0.3, 0.4) is 0 Å². The van der Waals surface area contributed by atoms with Gasteiger partial charge in [0.25, 0.3) is 0 Å². The lowest BCUT2D eigenvalue weighted by molar-refractivity contribution is 0.156. The molecule has 0 fully saturated rings. The average Bonchev–Trinajstić information content (AvgIpc) is 2.63. The first-order valence-electron chi connectivity index (χ1n) is 11.9. The monoisotopic (exact) mass is 354 g/mol. The predicted molar refractivity (Wildman–Crippen MR) is 114 cm³/mol. The molecule has 0 rings (SSSR count). The molecule has 0 aromatic carbocycles. The summed E-state index contributed by atoms with van der Waals surface area (Å²) in [7, 11) is 0. The maximum absolute atomic E-state index is 9.39. The van der Waals surface area contributed by atoms with Crippen LogP contribution in [0.4, 0.5) is 0 Å². The van der Waals surface area contributed by atoms with Crippen LogP contribution in [0.2, 0.25) is 0 Å². The quantitative estimate of drug-likeness (QED) is 0.217. The van der Waals surface area contributed by atoms with Gasteiger partial charge in [-0.3, -0.25) is 0 Å². The van der Waals surface area contributed by atoms with Crippen molar-refractivity contribution in [1.82, 2.24) is 0 Å². The Labute approximate surface area is 160 Å². The minimum Gasteiger partial charge on any atom is -0.396 e. The molecule has 0 aliphatic carbocycles. The summed E-state index contributed by atoms with van der Waals surface area (Å²) in [6.45, 7) is 7.30. The van der Waals surface area contributed by atoms with Crippen LogP contribution in [-0.2, 0) is 0 Å². The Hall–Kier alpha value is -0.0400. The molecule has 0 aliphatic rings. The largest absolute Gasteiger partial charge is 0.396 e. The third-order valence-corrected chi connectivity index (χ3v) is 6.05. The molecule has 0 amide bonds. The predicted octanol–water partition coefficient (Wildman–Crippen LogP) is 8.44. The highest BCUT2D eigenvalue weighted by molar-refractivity contribution is 4.80. The van der Waals surface area contributed by atoms with E-state index in [2.05, 4.69) is 20.8 Å². The van der Waals surface area contributed by atoms with Crippen molar-refractivity contribution in [2.24, 2.45) is 5.41 Å². The van der Waals surface area contributed by atoms with Crippen molar-refractivity contribution >= 4 is 0 Å². The maximum Gasteiger partial charge on any atom is 0.0431 e. The van der Waals surface area contributed by atoms with Crippen molar-refractivity contribution in [3.05, 3.63) is 0 Å². The highest BCUT2D eigenvalue weighted by Gasteiger charge is 2.27. The molecule has 0 unspecified atom stereocenters. The van der Waals surface area contributed by atoms with Crippen molar-refractivity contribution < 1.29 is 5.11 Å². The van der Waals surface area contributed by atoms with E-state index >= 15 is 0 Å². The van der Waals surface area contributed by atoms with Crippen LogP contribution < -0.4 is 0 Å². The number of rotatable bonds is 20. The van der Waals surface area contributed by atoms with Crippen molar-refractivity contribution in [1.29, 1.82) is 0 Å². The molecule has 25 heavy (non-hydrogen) atoms. The zero-order valence-corrected chi connectivity index (χ0v) is 18.1. The van der Waals surface area contributed by atoms with Crippen LogP contribution in [0.1, 0.15) is 143 Å². The molecule has 1 heteroatoms. The van der Waals surface area contributed by atoms with Gasteiger partial charge in [0, 0.05) is 6.61 Å². The van der Waals surface area contributed by atoms with E-state index in [-0.39, 0.29) is 0 Å². The van der Waals surface area contributed by atoms with E-state index in [1.165, 1.54) is 116 Å². The minimum absolute atomic E-state index is 0.376. The first-order chi connectivity index (χ1) is 12.2. The topological polar surface area (TPSA) is 20.2 Å². The second-order valence-electron chi connectivity index (χ2n) is 8.47. The lowest BCUT2D eigenvalue weighted by Crippen LogP contribution is -2.22. The first kappa shape index (κ1) is 25.0. The number of unbranched alkanes of at least 4 members (excludes halogenated alkanes) is 11. The van der Waals surface area contributed by atoms with Crippen LogP contribution in [0.15, 0.2) is 0 Å². The summed E-state index contributed by atoms with van der Waals surface area (Å²) in [6.07, 6.45) is 26.0. The van der Waals surface area contributed by atoms with Crippen LogP contribution in [0.5, 0.6) is 0 Å². The fraction of sp³-hybridized carbons (Fsp3) is 1.00. The van der Waals surface area contributed by atoms with Crippen molar-refractivity contribution in [3.63, 3.8) is 0 Å². The molecule has 1 nitrogen and oxygen atoms in total. The van der Waals surface area contributed by atoms with E-state index in [9.17, 15) is 5.11 Å². The van der Waals surface area contributed by atoms with Gasteiger partial charge in [0.05, 0.1) is 0 Å². The van der Waals surface area contributed by atoms with Crippen molar-refractivity contribution in [3.8, 4) is 0 Å². The van der Waals surface area contributed by atoms with Crippen LogP contribution in [0, 0.1) is 5.41 Å². The number of aliphatic hydroxyl groups is 1. The Morgan fingerprint density at radius 1 is 0.440 bits per heavy atom. The van der Waals surface area contributed by atoms with Crippen molar-refractivity contribution in [2.75, 3.05) is 6.61 Å². The molecule has 0 heterocycles. The summed E-state index contributed by atoms with van der Waals surface area (Å²) in [6, 6.07) is 0. The molecule has 0 radical (unpaired) electrons. The van der Waals surface area contributed by atoms with Gasteiger partial charge in [-0.05, 0) is 37.5 Å².